The van der Waals surface area contributed by atoms with Gasteiger partial charge in [-0.1, -0.05) is 12.1 Å². The predicted molar refractivity (Wildman–Crippen MR) is 95.1 cm³/mol. The highest BCUT2D eigenvalue weighted by molar-refractivity contribution is 5.94. The van der Waals surface area contributed by atoms with Gasteiger partial charge in [-0.15, -0.1) is 0 Å². The summed E-state index contributed by atoms with van der Waals surface area (Å²) in [6.45, 7) is 4.89. The van der Waals surface area contributed by atoms with E-state index >= 15 is 0 Å². The molecule has 0 N–H and O–H groups in total. The first-order chi connectivity index (χ1) is 13.0. The van der Waals surface area contributed by atoms with Crippen LogP contribution in [-0.4, -0.2) is 63.5 Å². The van der Waals surface area contributed by atoms with Crippen LogP contribution in [0.5, 0.6) is 5.88 Å². The number of pyridine rings is 1. The number of carbonyl (C=O) groups is 2. The van der Waals surface area contributed by atoms with Gasteiger partial charge in [0.2, 0.25) is 11.8 Å². The molecule has 1 saturated heterocycles. The van der Waals surface area contributed by atoms with E-state index in [0.717, 1.165) is 0 Å². The summed E-state index contributed by atoms with van der Waals surface area (Å²) in [6, 6.07) is 2.87. The number of rotatable bonds is 4. The number of nitrogens with zero attached hydrogens (tertiary/aromatic N) is 5. The lowest BCUT2D eigenvalue weighted by Gasteiger charge is -2.29. The third-order valence-electron chi connectivity index (χ3n) is 4.53. The first-order valence-corrected chi connectivity index (χ1v) is 8.92. The van der Waals surface area contributed by atoms with Gasteiger partial charge in [-0.3, -0.25) is 9.59 Å². The summed E-state index contributed by atoms with van der Waals surface area (Å²) in [5.74, 6) is 1.13. The van der Waals surface area contributed by atoms with Crippen LogP contribution in [0.25, 0.3) is 0 Å². The topological polar surface area (TPSA) is 102 Å². The fourth-order valence-corrected chi connectivity index (χ4v) is 3.14. The van der Waals surface area contributed by atoms with Crippen molar-refractivity contribution < 1.29 is 18.8 Å². The van der Waals surface area contributed by atoms with Crippen LogP contribution in [0.4, 0.5) is 0 Å². The van der Waals surface area contributed by atoms with Crippen molar-refractivity contribution in [3.05, 3.63) is 35.6 Å². The van der Waals surface area contributed by atoms with Crippen molar-refractivity contribution in [2.24, 2.45) is 0 Å². The van der Waals surface area contributed by atoms with Gasteiger partial charge in [-0.05, 0) is 19.4 Å². The number of aromatic nitrogens is 3. The summed E-state index contributed by atoms with van der Waals surface area (Å²) in [6.07, 6.45) is 2.54. The number of hydrogen-bond donors (Lipinski definition) is 0. The molecule has 3 heterocycles. The monoisotopic (exact) mass is 373 g/mol. The number of carbonyl (C=O) groups excluding carboxylic acids is 2. The number of aryl methyl sites for hydroxylation is 1. The first kappa shape index (κ1) is 18.8. The van der Waals surface area contributed by atoms with Crippen molar-refractivity contribution in [1.82, 2.24) is 24.9 Å². The molecule has 0 saturated carbocycles. The Morgan fingerprint density at radius 1 is 1.33 bits per heavy atom. The van der Waals surface area contributed by atoms with Crippen LogP contribution in [0.1, 0.15) is 47.9 Å². The largest absolute Gasteiger partial charge is 0.481 e. The molecular formula is C18H23N5O4. The molecule has 1 aliphatic heterocycles. The first-order valence-electron chi connectivity index (χ1n) is 8.92. The Hall–Kier alpha value is -2.97. The maximum atomic E-state index is 13.0. The molecule has 9 nitrogen and oxygen atoms in total. The molecule has 3 rings (SSSR count). The number of hydrogen-bond acceptors (Lipinski definition) is 7. The highest BCUT2D eigenvalue weighted by Crippen LogP contribution is 2.26. The molecule has 2 amide bonds. The van der Waals surface area contributed by atoms with Crippen LogP contribution in [0, 0.1) is 6.92 Å². The van der Waals surface area contributed by atoms with Gasteiger partial charge in [0.15, 0.2) is 5.82 Å². The van der Waals surface area contributed by atoms with Crippen molar-refractivity contribution in [1.29, 1.82) is 0 Å². The van der Waals surface area contributed by atoms with Crippen LogP contribution in [0.3, 0.4) is 0 Å². The number of methoxy groups -OCH3 is 1. The average molecular weight is 373 g/mol. The van der Waals surface area contributed by atoms with E-state index in [1.165, 1.54) is 13.3 Å². The SMILES string of the molecule is CCC(=O)N1CCCN(C(=O)c2ccc(OC)nc2)CC1c1nc(C)no1. The fraction of sp³-hybridized carbons (Fsp3) is 0.500. The molecule has 27 heavy (non-hydrogen) atoms. The summed E-state index contributed by atoms with van der Waals surface area (Å²) in [5.41, 5.74) is 0.464. The Morgan fingerprint density at radius 3 is 2.74 bits per heavy atom. The lowest BCUT2D eigenvalue weighted by Crippen LogP contribution is -2.40. The minimum atomic E-state index is -0.462. The molecule has 0 aliphatic carbocycles. The molecule has 0 spiro atoms. The van der Waals surface area contributed by atoms with Gasteiger partial charge in [0.05, 0.1) is 19.2 Å². The molecule has 9 heteroatoms. The van der Waals surface area contributed by atoms with Gasteiger partial charge < -0.3 is 19.1 Å². The van der Waals surface area contributed by atoms with Crippen LogP contribution in [0.2, 0.25) is 0 Å². The minimum Gasteiger partial charge on any atom is -0.481 e. The molecule has 0 bridgehead atoms. The molecule has 1 fully saturated rings. The van der Waals surface area contributed by atoms with Gasteiger partial charge in [0, 0.05) is 31.8 Å². The molecule has 144 valence electrons. The van der Waals surface area contributed by atoms with Gasteiger partial charge in [0.1, 0.15) is 6.04 Å². The summed E-state index contributed by atoms with van der Waals surface area (Å²) in [5, 5.41) is 3.84. The highest BCUT2D eigenvalue weighted by Gasteiger charge is 2.34. The Bertz CT molecular complexity index is 804. The fourth-order valence-electron chi connectivity index (χ4n) is 3.14. The van der Waals surface area contributed by atoms with E-state index in [-0.39, 0.29) is 18.4 Å². The normalized spacial score (nSPS) is 17.5. The molecular weight excluding hydrogens is 350 g/mol. The second-order valence-corrected chi connectivity index (χ2v) is 6.33. The van der Waals surface area contributed by atoms with E-state index in [0.29, 0.717) is 49.1 Å². The van der Waals surface area contributed by atoms with E-state index in [4.69, 9.17) is 9.26 Å². The van der Waals surface area contributed by atoms with E-state index < -0.39 is 6.04 Å². The zero-order valence-electron chi connectivity index (χ0n) is 15.7. The molecule has 2 aromatic heterocycles. The van der Waals surface area contributed by atoms with Gasteiger partial charge in [-0.25, -0.2) is 4.98 Å². The smallest absolute Gasteiger partial charge is 0.255 e. The van der Waals surface area contributed by atoms with Crippen molar-refractivity contribution in [3.8, 4) is 5.88 Å². The summed E-state index contributed by atoms with van der Waals surface area (Å²) < 4.78 is 10.4. The van der Waals surface area contributed by atoms with E-state index in [1.54, 1.807) is 28.9 Å². The lowest BCUT2D eigenvalue weighted by atomic mass is 10.2. The Balaban J connectivity index is 1.86. The Labute approximate surface area is 157 Å². The van der Waals surface area contributed by atoms with Gasteiger partial charge in [-0.2, -0.15) is 4.98 Å². The lowest BCUT2D eigenvalue weighted by molar-refractivity contribution is -0.133. The number of amides is 2. The maximum Gasteiger partial charge on any atom is 0.255 e. The van der Waals surface area contributed by atoms with Crippen LogP contribution in [0.15, 0.2) is 22.9 Å². The van der Waals surface area contributed by atoms with E-state index in [2.05, 4.69) is 15.1 Å². The third kappa shape index (κ3) is 4.07. The zero-order valence-corrected chi connectivity index (χ0v) is 15.7. The second-order valence-electron chi connectivity index (χ2n) is 6.33. The van der Waals surface area contributed by atoms with Crippen molar-refractivity contribution in [2.45, 2.75) is 32.7 Å². The van der Waals surface area contributed by atoms with E-state index in [1.807, 2.05) is 6.92 Å². The highest BCUT2D eigenvalue weighted by atomic mass is 16.5. The molecule has 1 unspecified atom stereocenters. The van der Waals surface area contributed by atoms with Crippen molar-refractivity contribution in [2.75, 3.05) is 26.7 Å². The molecule has 1 aliphatic rings. The molecule has 1 atom stereocenters. The van der Waals surface area contributed by atoms with Crippen molar-refractivity contribution in [3.63, 3.8) is 0 Å². The molecule has 2 aromatic rings. The van der Waals surface area contributed by atoms with Crippen molar-refractivity contribution >= 4 is 11.8 Å². The van der Waals surface area contributed by atoms with Gasteiger partial charge in [0.25, 0.3) is 11.8 Å². The van der Waals surface area contributed by atoms with Crippen LogP contribution < -0.4 is 4.74 Å². The molecule has 0 radical (unpaired) electrons. The standard InChI is InChI=1S/C18H23N5O4/c1-4-16(24)23-9-5-8-22(11-14(23)17-20-12(2)21-27-17)18(25)13-6-7-15(26-3)19-10-13/h6-7,10,14H,4-5,8-9,11H2,1-3H3. The van der Waals surface area contributed by atoms with Gasteiger partial charge >= 0.3 is 0 Å². The van der Waals surface area contributed by atoms with Crippen LogP contribution in [-0.2, 0) is 4.79 Å². The predicted octanol–water partition coefficient (Wildman–Crippen LogP) is 1.61. The summed E-state index contributed by atoms with van der Waals surface area (Å²) >= 11 is 0. The second kappa shape index (κ2) is 8.15. The van der Waals surface area contributed by atoms with Crippen LogP contribution >= 0.6 is 0 Å². The summed E-state index contributed by atoms with van der Waals surface area (Å²) in [4.78, 5) is 37.2. The quantitative estimate of drug-likeness (QED) is 0.802. The zero-order chi connectivity index (χ0) is 19.4. The Kier molecular flexibility index (Phi) is 5.68. The Morgan fingerprint density at radius 2 is 2.15 bits per heavy atom. The molecule has 0 aromatic carbocycles. The third-order valence-corrected chi connectivity index (χ3v) is 4.53. The number of ether oxygens (including phenoxy) is 1. The summed E-state index contributed by atoms with van der Waals surface area (Å²) in [7, 11) is 1.52. The average Bonchev–Trinajstić information content (AvgIpc) is 3.00. The van der Waals surface area contributed by atoms with E-state index in [9.17, 15) is 9.59 Å². The maximum absolute atomic E-state index is 13.0. The minimum absolute atomic E-state index is 0.00346.